The number of hydrogen-bond donors (Lipinski definition) is 2. The SMILES string of the molecule is C[C@@H](C(=O)NN)c1ccccn1. The molecule has 0 radical (unpaired) electrons. The first kappa shape index (κ1) is 8.67. The van der Waals surface area contributed by atoms with Crippen molar-refractivity contribution in [1.82, 2.24) is 10.4 Å². The maximum atomic E-state index is 11.0. The van der Waals surface area contributed by atoms with Crippen LogP contribution in [0, 0.1) is 0 Å². The number of rotatable bonds is 2. The van der Waals surface area contributed by atoms with Gasteiger partial charge in [0.2, 0.25) is 5.91 Å². The van der Waals surface area contributed by atoms with Gasteiger partial charge in [0.25, 0.3) is 0 Å². The van der Waals surface area contributed by atoms with Crippen LogP contribution >= 0.6 is 0 Å². The molecule has 0 aliphatic carbocycles. The molecule has 0 aliphatic rings. The molecule has 1 atom stereocenters. The molecule has 0 saturated heterocycles. The summed E-state index contributed by atoms with van der Waals surface area (Å²) in [7, 11) is 0. The van der Waals surface area contributed by atoms with E-state index in [0.717, 1.165) is 5.69 Å². The molecule has 0 spiro atoms. The van der Waals surface area contributed by atoms with Crippen LogP contribution in [0.4, 0.5) is 0 Å². The van der Waals surface area contributed by atoms with Crippen LogP contribution in [-0.2, 0) is 4.79 Å². The second-order valence-corrected chi connectivity index (χ2v) is 2.48. The molecule has 0 bridgehead atoms. The Morgan fingerprint density at radius 1 is 1.67 bits per heavy atom. The highest BCUT2D eigenvalue weighted by Crippen LogP contribution is 2.10. The molecule has 1 amide bonds. The van der Waals surface area contributed by atoms with Gasteiger partial charge in [0.05, 0.1) is 11.6 Å². The van der Waals surface area contributed by atoms with Crippen molar-refractivity contribution in [3.63, 3.8) is 0 Å². The zero-order valence-electron chi connectivity index (χ0n) is 6.82. The van der Waals surface area contributed by atoms with E-state index in [1.807, 2.05) is 6.07 Å². The zero-order chi connectivity index (χ0) is 8.97. The Morgan fingerprint density at radius 3 is 2.92 bits per heavy atom. The second kappa shape index (κ2) is 3.82. The predicted molar refractivity (Wildman–Crippen MR) is 45.0 cm³/mol. The van der Waals surface area contributed by atoms with Crippen molar-refractivity contribution >= 4 is 5.91 Å². The third-order valence-electron chi connectivity index (χ3n) is 1.67. The normalized spacial score (nSPS) is 12.2. The molecule has 4 nitrogen and oxygen atoms in total. The number of nitrogens with one attached hydrogen (secondary N) is 1. The quantitative estimate of drug-likeness (QED) is 0.373. The fourth-order valence-corrected chi connectivity index (χ4v) is 0.891. The highest BCUT2D eigenvalue weighted by atomic mass is 16.2. The highest BCUT2D eigenvalue weighted by molar-refractivity contribution is 5.82. The van der Waals surface area contributed by atoms with E-state index in [4.69, 9.17) is 5.84 Å². The third kappa shape index (κ3) is 1.79. The van der Waals surface area contributed by atoms with E-state index in [2.05, 4.69) is 10.4 Å². The summed E-state index contributed by atoms with van der Waals surface area (Å²) in [5, 5.41) is 0. The molecule has 64 valence electrons. The van der Waals surface area contributed by atoms with E-state index in [-0.39, 0.29) is 11.8 Å². The number of amides is 1. The fraction of sp³-hybridized carbons (Fsp3) is 0.250. The molecular formula is C8H11N3O. The van der Waals surface area contributed by atoms with Gasteiger partial charge >= 0.3 is 0 Å². The largest absolute Gasteiger partial charge is 0.294 e. The molecule has 3 N–H and O–H groups in total. The maximum Gasteiger partial charge on any atom is 0.242 e. The van der Waals surface area contributed by atoms with Gasteiger partial charge in [0.1, 0.15) is 0 Å². The van der Waals surface area contributed by atoms with E-state index in [1.165, 1.54) is 0 Å². The van der Waals surface area contributed by atoms with Crippen molar-refractivity contribution in [2.75, 3.05) is 0 Å². The predicted octanol–water partition coefficient (Wildman–Crippen LogP) is 0.175. The van der Waals surface area contributed by atoms with E-state index in [9.17, 15) is 4.79 Å². The van der Waals surface area contributed by atoms with Crippen molar-refractivity contribution in [1.29, 1.82) is 0 Å². The summed E-state index contributed by atoms with van der Waals surface area (Å²) < 4.78 is 0. The lowest BCUT2D eigenvalue weighted by molar-refractivity contribution is -0.122. The van der Waals surface area contributed by atoms with E-state index >= 15 is 0 Å². The minimum Gasteiger partial charge on any atom is -0.294 e. The summed E-state index contributed by atoms with van der Waals surface area (Å²) >= 11 is 0. The average Bonchev–Trinajstić information content (AvgIpc) is 2.17. The van der Waals surface area contributed by atoms with Gasteiger partial charge in [-0.05, 0) is 19.1 Å². The van der Waals surface area contributed by atoms with Crippen molar-refractivity contribution in [2.24, 2.45) is 5.84 Å². The number of hydrazine groups is 1. The number of hydrogen-bond acceptors (Lipinski definition) is 3. The third-order valence-corrected chi connectivity index (χ3v) is 1.67. The van der Waals surface area contributed by atoms with E-state index in [1.54, 1.807) is 25.3 Å². The van der Waals surface area contributed by atoms with Gasteiger partial charge in [0, 0.05) is 6.20 Å². The van der Waals surface area contributed by atoms with Crippen molar-refractivity contribution in [3.8, 4) is 0 Å². The molecular weight excluding hydrogens is 154 g/mol. The Labute approximate surface area is 70.8 Å². The number of aromatic nitrogens is 1. The summed E-state index contributed by atoms with van der Waals surface area (Å²) in [6.07, 6.45) is 1.65. The molecule has 1 heterocycles. The lowest BCUT2D eigenvalue weighted by atomic mass is 10.1. The molecule has 0 fully saturated rings. The van der Waals surface area contributed by atoms with E-state index < -0.39 is 0 Å². The van der Waals surface area contributed by atoms with Gasteiger partial charge in [-0.15, -0.1) is 0 Å². The van der Waals surface area contributed by atoms with Crippen LogP contribution in [0.25, 0.3) is 0 Å². The standard InChI is InChI=1S/C8H11N3O/c1-6(8(12)11-9)7-4-2-3-5-10-7/h2-6H,9H2,1H3,(H,11,12)/t6-/m1/s1. The summed E-state index contributed by atoms with van der Waals surface area (Å²) in [5.74, 6) is 4.46. The summed E-state index contributed by atoms with van der Waals surface area (Å²) in [6.45, 7) is 1.75. The molecule has 0 aromatic carbocycles. The fourth-order valence-electron chi connectivity index (χ4n) is 0.891. The Hall–Kier alpha value is -1.42. The number of carbonyl (C=O) groups excluding carboxylic acids is 1. The minimum atomic E-state index is -0.295. The number of nitrogens with zero attached hydrogens (tertiary/aromatic N) is 1. The Kier molecular flexibility index (Phi) is 2.76. The van der Waals surface area contributed by atoms with Crippen molar-refractivity contribution < 1.29 is 4.79 Å². The molecule has 1 rings (SSSR count). The zero-order valence-corrected chi connectivity index (χ0v) is 6.82. The topological polar surface area (TPSA) is 68.0 Å². The number of pyridine rings is 1. The first-order valence-electron chi connectivity index (χ1n) is 3.67. The molecule has 1 aromatic rings. The van der Waals surface area contributed by atoms with E-state index in [0.29, 0.717) is 0 Å². The maximum absolute atomic E-state index is 11.0. The second-order valence-electron chi connectivity index (χ2n) is 2.48. The van der Waals surface area contributed by atoms with Crippen LogP contribution < -0.4 is 11.3 Å². The lowest BCUT2D eigenvalue weighted by Crippen LogP contribution is -2.33. The summed E-state index contributed by atoms with van der Waals surface area (Å²) in [4.78, 5) is 15.1. The Bertz CT molecular complexity index is 260. The monoisotopic (exact) mass is 165 g/mol. The van der Waals surface area contributed by atoms with Crippen LogP contribution in [-0.4, -0.2) is 10.9 Å². The molecule has 0 aliphatic heterocycles. The smallest absolute Gasteiger partial charge is 0.242 e. The summed E-state index contributed by atoms with van der Waals surface area (Å²) in [5.41, 5.74) is 2.81. The molecule has 4 heteroatoms. The first-order chi connectivity index (χ1) is 5.75. The lowest BCUT2D eigenvalue weighted by Gasteiger charge is -2.07. The first-order valence-corrected chi connectivity index (χ1v) is 3.67. The molecule has 0 unspecified atom stereocenters. The summed E-state index contributed by atoms with van der Waals surface area (Å²) in [6, 6.07) is 5.43. The van der Waals surface area contributed by atoms with Gasteiger partial charge in [0.15, 0.2) is 0 Å². The van der Waals surface area contributed by atoms with Gasteiger partial charge < -0.3 is 0 Å². The van der Waals surface area contributed by atoms with Crippen LogP contribution in [0.15, 0.2) is 24.4 Å². The van der Waals surface area contributed by atoms with Crippen LogP contribution in [0.2, 0.25) is 0 Å². The van der Waals surface area contributed by atoms with Crippen LogP contribution in [0.1, 0.15) is 18.5 Å². The van der Waals surface area contributed by atoms with Gasteiger partial charge in [-0.2, -0.15) is 0 Å². The Balaban J connectivity index is 2.78. The van der Waals surface area contributed by atoms with Crippen LogP contribution in [0.3, 0.4) is 0 Å². The van der Waals surface area contributed by atoms with Gasteiger partial charge in [-0.25, -0.2) is 5.84 Å². The highest BCUT2D eigenvalue weighted by Gasteiger charge is 2.13. The number of nitrogens with two attached hydrogens (primary N) is 1. The van der Waals surface area contributed by atoms with Crippen molar-refractivity contribution in [3.05, 3.63) is 30.1 Å². The molecule has 12 heavy (non-hydrogen) atoms. The molecule has 0 saturated carbocycles. The van der Waals surface area contributed by atoms with Gasteiger partial charge in [-0.3, -0.25) is 15.2 Å². The van der Waals surface area contributed by atoms with Crippen LogP contribution in [0.5, 0.6) is 0 Å². The number of carbonyl (C=O) groups is 1. The van der Waals surface area contributed by atoms with Crippen molar-refractivity contribution in [2.45, 2.75) is 12.8 Å². The minimum absolute atomic E-state index is 0.228. The average molecular weight is 165 g/mol. The molecule has 1 aromatic heterocycles. The Morgan fingerprint density at radius 2 is 2.42 bits per heavy atom. The van der Waals surface area contributed by atoms with Gasteiger partial charge in [-0.1, -0.05) is 6.07 Å².